The van der Waals surface area contributed by atoms with Crippen LogP contribution < -0.4 is 0 Å². The Morgan fingerprint density at radius 2 is 1.62 bits per heavy atom. The summed E-state index contributed by atoms with van der Waals surface area (Å²) in [6.07, 6.45) is 1.73. The van der Waals surface area contributed by atoms with Crippen LogP contribution in [0.4, 0.5) is 5.69 Å². The van der Waals surface area contributed by atoms with E-state index in [0.717, 1.165) is 37.3 Å². The standard InChI is InChI=1S/C21H24N2O/c1-21(2)19(22-18-11-7-4-8-12-18)14-16-23(20(21)24)15-13-17-9-5-3-6-10-17/h3-12H,13-16H2,1-2H3. The topological polar surface area (TPSA) is 32.7 Å². The highest BCUT2D eigenvalue weighted by Gasteiger charge is 2.40. The maximum absolute atomic E-state index is 12.9. The van der Waals surface area contributed by atoms with Crippen molar-refractivity contribution in [3.8, 4) is 0 Å². The molecule has 3 rings (SSSR count). The fourth-order valence-corrected chi connectivity index (χ4v) is 3.15. The Bertz CT molecular complexity index is 720. The minimum absolute atomic E-state index is 0.180. The smallest absolute Gasteiger partial charge is 0.233 e. The summed E-state index contributed by atoms with van der Waals surface area (Å²) in [5.41, 5.74) is 2.64. The second-order valence-electron chi connectivity index (χ2n) is 6.80. The van der Waals surface area contributed by atoms with Crippen LogP contribution >= 0.6 is 0 Å². The van der Waals surface area contributed by atoms with E-state index in [1.807, 2.05) is 67.3 Å². The van der Waals surface area contributed by atoms with Crippen LogP contribution in [0.5, 0.6) is 0 Å². The summed E-state index contributed by atoms with van der Waals surface area (Å²) in [4.78, 5) is 19.6. The molecule has 124 valence electrons. The van der Waals surface area contributed by atoms with Crippen molar-refractivity contribution in [2.45, 2.75) is 26.7 Å². The fourth-order valence-electron chi connectivity index (χ4n) is 3.15. The van der Waals surface area contributed by atoms with Gasteiger partial charge in [0.2, 0.25) is 5.91 Å². The molecule has 1 aliphatic rings. The van der Waals surface area contributed by atoms with Gasteiger partial charge in [-0.15, -0.1) is 0 Å². The Hall–Kier alpha value is -2.42. The zero-order valence-electron chi connectivity index (χ0n) is 14.4. The molecule has 0 bridgehead atoms. The van der Waals surface area contributed by atoms with Crippen molar-refractivity contribution >= 4 is 17.3 Å². The first-order valence-corrected chi connectivity index (χ1v) is 8.54. The zero-order valence-corrected chi connectivity index (χ0v) is 14.4. The number of amides is 1. The molecule has 1 fully saturated rings. The molecule has 3 heteroatoms. The number of hydrogen-bond acceptors (Lipinski definition) is 2. The van der Waals surface area contributed by atoms with Gasteiger partial charge in [0.1, 0.15) is 0 Å². The first-order chi connectivity index (χ1) is 11.6. The van der Waals surface area contributed by atoms with Crippen molar-refractivity contribution in [1.82, 2.24) is 4.90 Å². The van der Waals surface area contributed by atoms with Crippen LogP contribution in [0.2, 0.25) is 0 Å². The van der Waals surface area contributed by atoms with Gasteiger partial charge in [-0.2, -0.15) is 0 Å². The van der Waals surface area contributed by atoms with E-state index in [1.54, 1.807) is 0 Å². The summed E-state index contributed by atoms with van der Waals surface area (Å²) in [7, 11) is 0. The van der Waals surface area contributed by atoms with Crippen LogP contribution in [0.1, 0.15) is 25.8 Å². The van der Waals surface area contributed by atoms with Crippen molar-refractivity contribution in [3.63, 3.8) is 0 Å². The van der Waals surface area contributed by atoms with Crippen LogP contribution in [0.25, 0.3) is 0 Å². The van der Waals surface area contributed by atoms with Crippen molar-refractivity contribution in [1.29, 1.82) is 0 Å². The highest BCUT2D eigenvalue weighted by atomic mass is 16.2. The number of rotatable bonds is 4. The van der Waals surface area contributed by atoms with Gasteiger partial charge in [0, 0.05) is 25.2 Å². The van der Waals surface area contributed by atoms with E-state index < -0.39 is 5.41 Å². The highest BCUT2D eigenvalue weighted by molar-refractivity contribution is 6.10. The SMILES string of the molecule is CC1(C)C(=O)N(CCc2ccccc2)CCC1=Nc1ccccc1. The third-order valence-corrected chi connectivity index (χ3v) is 4.70. The van der Waals surface area contributed by atoms with E-state index >= 15 is 0 Å². The molecular formula is C21H24N2O. The molecule has 0 unspecified atom stereocenters. The van der Waals surface area contributed by atoms with Gasteiger partial charge in [-0.1, -0.05) is 48.5 Å². The van der Waals surface area contributed by atoms with Crippen LogP contribution in [0, 0.1) is 5.41 Å². The predicted octanol–water partition coefficient (Wildman–Crippen LogP) is 4.26. The Morgan fingerprint density at radius 1 is 1.00 bits per heavy atom. The maximum atomic E-state index is 12.9. The summed E-state index contributed by atoms with van der Waals surface area (Å²) >= 11 is 0. The normalized spacial score (nSPS) is 18.8. The summed E-state index contributed by atoms with van der Waals surface area (Å²) in [6.45, 7) is 5.50. The van der Waals surface area contributed by atoms with Crippen molar-refractivity contribution in [2.24, 2.45) is 10.4 Å². The zero-order chi connectivity index (χ0) is 17.0. The fraction of sp³-hybridized carbons (Fsp3) is 0.333. The van der Waals surface area contributed by atoms with Gasteiger partial charge in [-0.3, -0.25) is 9.79 Å². The second kappa shape index (κ2) is 7.00. The molecular weight excluding hydrogens is 296 g/mol. The predicted molar refractivity (Wildman–Crippen MR) is 98.7 cm³/mol. The Labute approximate surface area is 144 Å². The first kappa shape index (κ1) is 16.4. The molecule has 2 aromatic carbocycles. The Balaban J connectivity index is 1.71. The number of benzene rings is 2. The van der Waals surface area contributed by atoms with Gasteiger partial charge in [0.05, 0.1) is 11.1 Å². The lowest BCUT2D eigenvalue weighted by molar-refractivity contribution is -0.138. The lowest BCUT2D eigenvalue weighted by atomic mass is 9.80. The lowest BCUT2D eigenvalue weighted by Gasteiger charge is -2.38. The average molecular weight is 320 g/mol. The van der Waals surface area contributed by atoms with Gasteiger partial charge in [0.15, 0.2) is 0 Å². The van der Waals surface area contributed by atoms with Crippen LogP contribution in [-0.2, 0) is 11.2 Å². The van der Waals surface area contributed by atoms with Crippen molar-refractivity contribution < 1.29 is 4.79 Å². The number of carbonyl (C=O) groups excluding carboxylic acids is 1. The third kappa shape index (κ3) is 3.56. The van der Waals surface area contributed by atoms with Crippen molar-refractivity contribution in [2.75, 3.05) is 13.1 Å². The lowest BCUT2D eigenvalue weighted by Crippen LogP contribution is -2.51. The van der Waals surface area contributed by atoms with E-state index in [1.165, 1.54) is 5.56 Å². The minimum atomic E-state index is -0.537. The van der Waals surface area contributed by atoms with Gasteiger partial charge >= 0.3 is 0 Å². The number of nitrogens with zero attached hydrogens (tertiary/aromatic N) is 2. The van der Waals surface area contributed by atoms with E-state index in [0.29, 0.717) is 0 Å². The maximum Gasteiger partial charge on any atom is 0.233 e. The summed E-state index contributed by atoms with van der Waals surface area (Å²) < 4.78 is 0. The molecule has 1 heterocycles. The van der Waals surface area contributed by atoms with Crippen LogP contribution in [-0.4, -0.2) is 29.6 Å². The van der Waals surface area contributed by atoms with E-state index in [4.69, 9.17) is 4.99 Å². The molecule has 0 spiro atoms. The molecule has 0 aromatic heterocycles. The van der Waals surface area contributed by atoms with Gasteiger partial charge in [0.25, 0.3) is 0 Å². The summed E-state index contributed by atoms with van der Waals surface area (Å²) in [5.74, 6) is 0.180. The van der Waals surface area contributed by atoms with E-state index in [9.17, 15) is 4.79 Å². The largest absolute Gasteiger partial charge is 0.341 e. The molecule has 0 aliphatic carbocycles. The monoisotopic (exact) mass is 320 g/mol. The minimum Gasteiger partial charge on any atom is -0.341 e. The molecule has 2 aromatic rings. The third-order valence-electron chi connectivity index (χ3n) is 4.70. The second-order valence-corrected chi connectivity index (χ2v) is 6.80. The van der Waals surface area contributed by atoms with Crippen molar-refractivity contribution in [3.05, 3.63) is 66.2 Å². The Kier molecular flexibility index (Phi) is 4.79. The van der Waals surface area contributed by atoms with Crippen LogP contribution in [0.3, 0.4) is 0 Å². The number of piperidine rings is 1. The molecule has 0 N–H and O–H groups in total. The molecule has 1 saturated heterocycles. The summed E-state index contributed by atoms with van der Waals surface area (Å²) in [5, 5.41) is 0. The Morgan fingerprint density at radius 3 is 2.29 bits per heavy atom. The molecule has 0 saturated carbocycles. The molecule has 0 radical (unpaired) electrons. The van der Waals surface area contributed by atoms with Crippen LogP contribution in [0.15, 0.2) is 65.7 Å². The summed E-state index contributed by atoms with van der Waals surface area (Å²) in [6, 6.07) is 20.2. The number of likely N-dealkylation sites (tertiary alicyclic amines) is 1. The van der Waals surface area contributed by atoms with Gasteiger partial charge in [-0.05, 0) is 38.0 Å². The number of carbonyl (C=O) groups is 1. The highest BCUT2D eigenvalue weighted by Crippen LogP contribution is 2.30. The molecule has 0 atom stereocenters. The van der Waals surface area contributed by atoms with Gasteiger partial charge < -0.3 is 4.90 Å². The number of hydrogen-bond donors (Lipinski definition) is 0. The number of aliphatic imine (C=N–C) groups is 1. The quantitative estimate of drug-likeness (QED) is 0.828. The molecule has 24 heavy (non-hydrogen) atoms. The molecule has 3 nitrogen and oxygen atoms in total. The number of para-hydroxylation sites is 1. The first-order valence-electron chi connectivity index (χ1n) is 8.54. The average Bonchev–Trinajstić information content (AvgIpc) is 2.61. The van der Waals surface area contributed by atoms with Gasteiger partial charge in [-0.25, -0.2) is 0 Å². The molecule has 1 amide bonds. The van der Waals surface area contributed by atoms with E-state index in [2.05, 4.69) is 12.1 Å². The van der Waals surface area contributed by atoms with E-state index in [-0.39, 0.29) is 5.91 Å². The molecule has 1 aliphatic heterocycles.